The fourth-order valence-electron chi connectivity index (χ4n) is 6.83. The fourth-order valence-corrected chi connectivity index (χ4v) is 6.83. The highest BCUT2D eigenvalue weighted by Gasteiger charge is 2.33. The van der Waals surface area contributed by atoms with E-state index in [1.54, 1.807) is 0 Å². The molecule has 0 saturated heterocycles. The highest BCUT2D eigenvalue weighted by atomic mass is 16.5. The summed E-state index contributed by atoms with van der Waals surface area (Å²) < 4.78 is 11.2. The minimum atomic E-state index is -0.00107. The molecule has 0 fully saturated rings. The van der Waals surface area contributed by atoms with Crippen molar-refractivity contribution in [3.8, 4) is 0 Å². The van der Waals surface area contributed by atoms with E-state index in [-0.39, 0.29) is 17.9 Å². The van der Waals surface area contributed by atoms with Crippen molar-refractivity contribution in [2.75, 3.05) is 13.2 Å². The summed E-state index contributed by atoms with van der Waals surface area (Å²) >= 11 is 0. The van der Waals surface area contributed by atoms with Crippen LogP contribution < -0.4 is 0 Å². The molecule has 0 heterocycles. The largest absolute Gasteiger partial charge is 0.466 e. The fraction of sp³-hybridized carbons (Fsp3) is 0.952. The van der Waals surface area contributed by atoms with E-state index in [1.165, 1.54) is 109 Å². The average molecular weight is 651 g/mol. The molecule has 0 spiro atoms. The molecule has 46 heavy (non-hydrogen) atoms. The number of hydrogen-bond acceptors (Lipinski definition) is 4. The summed E-state index contributed by atoms with van der Waals surface area (Å²) in [6.45, 7) is 19.2. The van der Waals surface area contributed by atoms with E-state index in [2.05, 4.69) is 55.4 Å². The molecule has 2 unspecified atom stereocenters. The van der Waals surface area contributed by atoms with Crippen LogP contribution in [0.5, 0.6) is 0 Å². The number of carbonyl (C=O) groups excluding carboxylic acids is 2. The van der Waals surface area contributed by atoms with Crippen molar-refractivity contribution in [2.24, 2.45) is 35.5 Å². The Hall–Kier alpha value is -1.06. The van der Waals surface area contributed by atoms with E-state index in [4.69, 9.17) is 9.47 Å². The molecular formula is C42H82O4. The third-order valence-electron chi connectivity index (χ3n) is 9.84. The van der Waals surface area contributed by atoms with Gasteiger partial charge in [0.05, 0.1) is 19.1 Å². The Morgan fingerprint density at radius 3 is 1.20 bits per heavy atom. The predicted octanol–water partition coefficient (Wildman–Crippen LogP) is 13.3. The van der Waals surface area contributed by atoms with Crippen LogP contribution in [0.4, 0.5) is 0 Å². The van der Waals surface area contributed by atoms with Crippen molar-refractivity contribution in [1.82, 2.24) is 0 Å². The first-order valence-electron chi connectivity index (χ1n) is 20.4. The van der Waals surface area contributed by atoms with E-state index in [1.807, 2.05) is 0 Å². The molecule has 0 rings (SSSR count). The summed E-state index contributed by atoms with van der Waals surface area (Å²) in [6, 6.07) is 0. The third kappa shape index (κ3) is 28.0. The molecule has 0 aromatic heterocycles. The molecule has 0 aliphatic rings. The molecule has 0 N–H and O–H groups in total. The molecule has 0 radical (unpaired) electrons. The van der Waals surface area contributed by atoms with E-state index in [0.717, 1.165) is 50.4 Å². The Balaban J connectivity index is 3.76. The van der Waals surface area contributed by atoms with E-state index in [9.17, 15) is 9.59 Å². The predicted molar refractivity (Wildman–Crippen MR) is 199 cm³/mol. The van der Waals surface area contributed by atoms with Gasteiger partial charge in [-0.25, -0.2) is 0 Å². The van der Waals surface area contributed by atoms with Gasteiger partial charge in [0.15, 0.2) is 0 Å². The zero-order valence-electron chi connectivity index (χ0n) is 32.5. The zero-order valence-corrected chi connectivity index (χ0v) is 32.5. The molecule has 4 heteroatoms. The van der Waals surface area contributed by atoms with Gasteiger partial charge in [-0.2, -0.15) is 0 Å². The van der Waals surface area contributed by atoms with Crippen LogP contribution in [0, 0.1) is 35.5 Å². The molecule has 0 bridgehead atoms. The van der Waals surface area contributed by atoms with Crippen LogP contribution in [0.25, 0.3) is 0 Å². The van der Waals surface area contributed by atoms with E-state index in [0.29, 0.717) is 37.4 Å². The average Bonchev–Trinajstić information content (AvgIpc) is 2.99. The number of carbonyl (C=O) groups is 2. The Bertz CT molecular complexity index is 683. The summed E-state index contributed by atoms with van der Waals surface area (Å²) in [4.78, 5) is 24.9. The molecule has 0 aromatic carbocycles. The SMILES string of the molecule is CC(C)CCCCCOC(=O)CCCCCCCCCCCCCCCCC(C(C)C)C(C(=O)OCCCCCC(C)C)C(C)C. The molecule has 0 aliphatic heterocycles. The quantitative estimate of drug-likeness (QED) is 0.0524. The van der Waals surface area contributed by atoms with Gasteiger partial charge in [-0.15, -0.1) is 0 Å². The lowest BCUT2D eigenvalue weighted by Gasteiger charge is -2.31. The maximum Gasteiger partial charge on any atom is 0.309 e. The lowest BCUT2D eigenvalue weighted by Crippen LogP contribution is -2.33. The minimum absolute atomic E-state index is 0.00107. The van der Waals surface area contributed by atoms with Crippen LogP contribution in [0.1, 0.15) is 209 Å². The van der Waals surface area contributed by atoms with Gasteiger partial charge in [-0.3, -0.25) is 9.59 Å². The Morgan fingerprint density at radius 1 is 0.413 bits per heavy atom. The van der Waals surface area contributed by atoms with Crippen molar-refractivity contribution in [3.05, 3.63) is 0 Å². The van der Waals surface area contributed by atoms with Gasteiger partial charge in [0.1, 0.15) is 0 Å². The highest BCUT2D eigenvalue weighted by Crippen LogP contribution is 2.33. The molecule has 0 amide bonds. The smallest absolute Gasteiger partial charge is 0.309 e. The van der Waals surface area contributed by atoms with Crippen LogP contribution >= 0.6 is 0 Å². The van der Waals surface area contributed by atoms with Crippen molar-refractivity contribution in [2.45, 2.75) is 209 Å². The summed E-state index contributed by atoms with van der Waals surface area (Å²) in [6.07, 6.45) is 29.1. The maximum atomic E-state index is 13.1. The van der Waals surface area contributed by atoms with Gasteiger partial charge in [0, 0.05) is 6.42 Å². The van der Waals surface area contributed by atoms with Crippen molar-refractivity contribution >= 4 is 11.9 Å². The van der Waals surface area contributed by atoms with Gasteiger partial charge < -0.3 is 9.47 Å². The highest BCUT2D eigenvalue weighted by molar-refractivity contribution is 5.73. The van der Waals surface area contributed by atoms with Gasteiger partial charge in [0.2, 0.25) is 0 Å². The molecule has 0 saturated carbocycles. The van der Waals surface area contributed by atoms with Gasteiger partial charge in [0.25, 0.3) is 0 Å². The Labute approximate surface area is 288 Å². The molecular weight excluding hydrogens is 568 g/mol. The first kappa shape index (κ1) is 44.9. The maximum absolute atomic E-state index is 13.1. The zero-order chi connectivity index (χ0) is 34.4. The second-order valence-corrected chi connectivity index (χ2v) is 16.0. The first-order valence-corrected chi connectivity index (χ1v) is 20.4. The molecule has 0 aliphatic carbocycles. The van der Waals surface area contributed by atoms with Crippen molar-refractivity contribution in [3.63, 3.8) is 0 Å². The van der Waals surface area contributed by atoms with Crippen LogP contribution in [0.15, 0.2) is 0 Å². The van der Waals surface area contributed by atoms with E-state index >= 15 is 0 Å². The number of hydrogen-bond donors (Lipinski definition) is 0. The van der Waals surface area contributed by atoms with Gasteiger partial charge in [-0.05, 0) is 55.3 Å². The van der Waals surface area contributed by atoms with Gasteiger partial charge >= 0.3 is 11.9 Å². The second-order valence-electron chi connectivity index (χ2n) is 16.0. The molecule has 2 atom stereocenters. The second kappa shape index (κ2) is 31.2. The van der Waals surface area contributed by atoms with E-state index < -0.39 is 0 Å². The van der Waals surface area contributed by atoms with Gasteiger partial charge in [-0.1, -0.05) is 177 Å². The van der Waals surface area contributed by atoms with Crippen molar-refractivity contribution < 1.29 is 19.1 Å². The summed E-state index contributed by atoms with van der Waals surface area (Å²) in [5.41, 5.74) is 0. The number of ether oxygens (including phenoxy) is 2. The molecule has 0 aromatic rings. The first-order chi connectivity index (χ1) is 22.1. The summed E-state index contributed by atoms with van der Waals surface area (Å²) in [7, 11) is 0. The lowest BCUT2D eigenvalue weighted by atomic mass is 9.74. The van der Waals surface area contributed by atoms with Crippen LogP contribution in [-0.2, 0) is 19.1 Å². The number of rotatable bonds is 33. The number of unbranched alkanes of at least 4 members (excludes halogenated alkanes) is 17. The minimum Gasteiger partial charge on any atom is -0.466 e. The summed E-state index contributed by atoms with van der Waals surface area (Å²) in [5.74, 6) is 2.86. The topological polar surface area (TPSA) is 52.6 Å². The third-order valence-corrected chi connectivity index (χ3v) is 9.84. The standard InChI is InChI=1S/C42H82O4/c1-35(2)29-23-21-27-33-45-40(43)32-26-20-18-16-14-12-10-9-11-13-15-17-19-25-31-39(37(5)6)41(38(7)8)42(44)46-34-28-22-24-30-36(3)4/h35-39,41H,9-34H2,1-8H3. The van der Waals surface area contributed by atoms with Crippen LogP contribution in [0.2, 0.25) is 0 Å². The number of esters is 2. The van der Waals surface area contributed by atoms with Crippen LogP contribution in [-0.4, -0.2) is 25.2 Å². The molecule has 274 valence electrons. The van der Waals surface area contributed by atoms with Crippen molar-refractivity contribution in [1.29, 1.82) is 0 Å². The lowest BCUT2D eigenvalue weighted by molar-refractivity contribution is -0.153. The normalized spacial score (nSPS) is 13.2. The Kier molecular flexibility index (Phi) is 30.5. The summed E-state index contributed by atoms with van der Waals surface area (Å²) in [5, 5.41) is 0. The van der Waals surface area contributed by atoms with Crippen LogP contribution in [0.3, 0.4) is 0 Å². The molecule has 4 nitrogen and oxygen atoms in total. The monoisotopic (exact) mass is 651 g/mol. The Morgan fingerprint density at radius 2 is 0.783 bits per heavy atom.